The van der Waals surface area contributed by atoms with Crippen molar-refractivity contribution in [2.45, 2.75) is 38.0 Å². The van der Waals surface area contributed by atoms with Gasteiger partial charge in [0.15, 0.2) is 11.6 Å². The first-order valence-electron chi connectivity index (χ1n) is 9.24. The summed E-state index contributed by atoms with van der Waals surface area (Å²) in [6.07, 6.45) is 0.255. The molecule has 2 aromatic rings. The SMILES string of the molecule is COc1c(N2CC(F)C(C(C)N)C2)c(F)c(N)c2c(=O)[nH]c(=O)n(C3CC3)c12. The Balaban J connectivity index is 2.03. The van der Waals surface area contributed by atoms with Gasteiger partial charge < -0.3 is 21.1 Å². The van der Waals surface area contributed by atoms with Gasteiger partial charge in [-0.15, -0.1) is 0 Å². The van der Waals surface area contributed by atoms with Crippen LogP contribution in [0.1, 0.15) is 25.8 Å². The topological polar surface area (TPSA) is 119 Å². The van der Waals surface area contributed by atoms with E-state index in [1.54, 1.807) is 6.92 Å². The van der Waals surface area contributed by atoms with Crippen molar-refractivity contribution in [1.29, 1.82) is 0 Å². The normalized spacial score (nSPS) is 23.4. The predicted octanol–water partition coefficient (Wildman–Crippen LogP) is 0.876. The number of benzene rings is 1. The molecule has 8 nitrogen and oxygen atoms in total. The van der Waals surface area contributed by atoms with Crippen LogP contribution >= 0.6 is 0 Å². The molecular weight excluding hydrogens is 372 g/mol. The van der Waals surface area contributed by atoms with Gasteiger partial charge in [-0.3, -0.25) is 14.3 Å². The zero-order valence-corrected chi connectivity index (χ0v) is 15.7. The summed E-state index contributed by atoms with van der Waals surface area (Å²) in [6.45, 7) is 1.79. The fourth-order valence-electron chi connectivity index (χ4n) is 4.10. The number of halogens is 2. The Bertz CT molecular complexity index is 1060. The summed E-state index contributed by atoms with van der Waals surface area (Å²) >= 11 is 0. The summed E-state index contributed by atoms with van der Waals surface area (Å²) in [6, 6.07) is -0.540. The number of anilines is 2. The number of methoxy groups -OCH3 is 1. The molecule has 28 heavy (non-hydrogen) atoms. The van der Waals surface area contributed by atoms with E-state index in [4.69, 9.17) is 16.2 Å². The Morgan fingerprint density at radius 3 is 2.50 bits per heavy atom. The van der Waals surface area contributed by atoms with Gasteiger partial charge in [0.05, 0.1) is 18.2 Å². The van der Waals surface area contributed by atoms with Crippen LogP contribution in [0.5, 0.6) is 5.75 Å². The summed E-state index contributed by atoms with van der Waals surface area (Å²) in [4.78, 5) is 28.5. The number of rotatable bonds is 4. The number of aromatic amines is 1. The van der Waals surface area contributed by atoms with Crippen molar-refractivity contribution in [3.8, 4) is 5.75 Å². The number of nitrogens with zero attached hydrogens (tertiary/aromatic N) is 2. The molecule has 4 rings (SSSR count). The van der Waals surface area contributed by atoms with E-state index in [-0.39, 0.29) is 47.2 Å². The van der Waals surface area contributed by atoms with Crippen LogP contribution in [-0.2, 0) is 0 Å². The molecule has 0 amide bonds. The molecule has 0 spiro atoms. The number of ether oxygens (including phenoxy) is 1. The molecule has 3 atom stereocenters. The number of hydrogen-bond acceptors (Lipinski definition) is 6. The Labute approximate surface area is 159 Å². The standard InChI is InChI=1S/C18H23F2N5O3/c1-7(21)9-5-24(6-10(9)19)15-12(20)13(22)11-14(16(15)28-2)25(8-3-4-8)18(27)23-17(11)26/h7-10H,3-6,21-22H2,1-2H3,(H,23,26,27). The van der Waals surface area contributed by atoms with Crippen molar-refractivity contribution < 1.29 is 13.5 Å². The lowest BCUT2D eigenvalue weighted by Crippen LogP contribution is -2.33. The molecule has 1 saturated carbocycles. The number of nitrogens with one attached hydrogen (secondary N) is 1. The molecule has 2 fully saturated rings. The second kappa shape index (κ2) is 6.47. The van der Waals surface area contributed by atoms with E-state index in [0.29, 0.717) is 0 Å². The third kappa shape index (κ3) is 2.66. The first-order valence-corrected chi connectivity index (χ1v) is 9.24. The largest absolute Gasteiger partial charge is 0.492 e. The van der Waals surface area contributed by atoms with E-state index in [0.717, 1.165) is 12.8 Å². The average molecular weight is 395 g/mol. The van der Waals surface area contributed by atoms with Crippen molar-refractivity contribution >= 4 is 22.3 Å². The summed E-state index contributed by atoms with van der Waals surface area (Å²) in [7, 11) is 1.32. The number of nitrogens with two attached hydrogens (primary N) is 2. The number of nitrogen functional groups attached to an aromatic ring is 1. The fourth-order valence-corrected chi connectivity index (χ4v) is 4.10. The highest BCUT2D eigenvalue weighted by atomic mass is 19.1. The number of H-pyrrole nitrogens is 1. The van der Waals surface area contributed by atoms with Crippen molar-refractivity contribution in [3.63, 3.8) is 0 Å². The van der Waals surface area contributed by atoms with Gasteiger partial charge in [-0.2, -0.15) is 0 Å². The second-order valence-electron chi connectivity index (χ2n) is 7.64. The molecule has 0 bridgehead atoms. The Morgan fingerprint density at radius 1 is 1.29 bits per heavy atom. The Hall–Kier alpha value is -2.62. The molecule has 1 aliphatic heterocycles. The highest BCUT2D eigenvalue weighted by molar-refractivity contribution is 5.99. The van der Waals surface area contributed by atoms with E-state index in [2.05, 4.69) is 4.98 Å². The van der Waals surface area contributed by atoms with E-state index >= 15 is 4.39 Å². The number of fused-ring (bicyclic) bond motifs is 1. The first kappa shape index (κ1) is 18.7. The van der Waals surface area contributed by atoms with E-state index in [9.17, 15) is 14.0 Å². The lowest BCUT2D eigenvalue weighted by atomic mass is 10.0. The zero-order chi connectivity index (χ0) is 20.3. The molecule has 152 valence electrons. The second-order valence-corrected chi connectivity index (χ2v) is 7.64. The zero-order valence-electron chi connectivity index (χ0n) is 15.7. The fraction of sp³-hybridized carbons (Fsp3) is 0.556. The van der Waals surface area contributed by atoms with Crippen LogP contribution in [-0.4, -0.2) is 42.0 Å². The van der Waals surface area contributed by atoms with Gasteiger partial charge in [-0.25, -0.2) is 13.6 Å². The number of aromatic nitrogens is 2. The molecule has 2 heterocycles. The molecule has 5 N–H and O–H groups in total. The predicted molar refractivity (Wildman–Crippen MR) is 102 cm³/mol. The van der Waals surface area contributed by atoms with Crippen LogP contribution in [0.3, 0.4) is 0 Å². The minimum absolute atomic E-state index is 0.00863. The average Bonchev–Trinajstić information content (AvgIpc) is 3.38. The third-order valence-electron chi connectivity index (χ3n) is 5.69. The summed E-state index contributed by atoms with van der Waals surface area (Å²) in [5, 5.41) is -0.135. The number of hydrogen-bond donors (Lipinski definition) is 3. The molecular formula is C18H23F2N5O3. The lowest BCUT2D eigenvalue weighted by Gasteiger charge is -2.25. The van der Waals surface area contributed by atoms with Gasteiger partial charge in [0, 0.05) is 31.1 Å². The molecule has 2 aliphatic rings. The molecule has 0 radical (unpaired) electrons. The molecule has 1 aliphatic carbocycles. The summed E-state index contributed by atoms with van der Waals surface area (Å²) in [5.41, 5.74) is 10.2. The summed E-state index contributed by atoms with van der Waals surface area (Å²) < 4.78 is 36.6. The number of alkyl halides is 1. The molecule has 10 heteroatoms. The third-order valence-corrected chi connectivity index (χ3v) is 5.69. The van der Waals surface area contributed by atoms with Crippen molar-refractivity contribution in [1.82, 2.24) is 9.55 Å². The highest BCUT2D eigenvalue weighted by Gasteiger charge is 2.39. The minimum atomic E-state index is -1.24. The van der Waals surface area contributed by atoms with Crippen LogP contribution in [0.4, 0.5) is 20.2 Å². The van der Waals surface area contributed by atoms with Crippen molar-refractivity contribution in [2.24, 2.45) is 11.7 Å². The van der Waals surface area contributed by atoms with Crippen LogP contribution in [0.15, 0.2) is 9.59 Å². The van der Waals surface area contributed by atoms with Gasteiger partial charge in [-0.05, 0) is 19.8 Å². The van der Waals surface area contributed by atoms with Crippen LogP contribution in [0, 0.1) is 11.7 Å². The molecule has 3 unspecified atom stereocenters. The van der Waals surface area contributed by atoms with Gasteiger partial charge in [0.1, 0.15) is 17.4 Å². The van der Waals surface area contributed by atoms with E-state index in [1.807, 2.05) is 0 Å². The van der Waals surface area contributed by atoms with E-state index < -0.39 is 35.2 Å². The van der Waals surface area contributed by atoms with Crippen molar-refractivity contribution in [3.05, 3.63) is 26.7 Å². The highest BCUT2D eigenvalue weighted by Crippen LogP contribution is 2.46. The maximum atomic E-state index is 15.3. The van der Waals surface area contributed by atoms with Crippen LogP contribution in [0.2, 0.25) is 0 Å². The molecule has 1 aromatic heterocycles. The summed E-state index contributed by atoms with van der Waals surface area (Å²) in [5.74, 6) is -1.34. The lowest BCUT2D eigenvalue weighted by molar-refractivity contribution is 0.259. The quantitative estimate of drug-likeness (QED) is 0.661. The Kier molecular flexibility index (Phi) is 4.33. The van der Waals surface area contributed by atoms with Gasteiger partial charge in [-0.1, -0.05) is 0 Å². The first-order chi connectivity index (χ1) is 13.3. The molecule has 1 saturated heterocycles. The Morgan fingerprint density at radius 2 is 1.96 bits per heavy atom. The maximum Gasteiger partial charge on any atom is 0.329 e. The minimum Gasteiger partial charge on any atom is -0.492 e. The monoisotopic (exact) mass is 395 g/mol. The van der Waals surface area contributed by atoms with Crippen molar-refractivity contribution in [2.75, 3.05) is 30.8 Å². The molecule has 1 aromatic carbocycles. The smallest absolute Gasteiger partial charge is 0.329 e. The van der Waals surface area contributed by atoms with Gasteiger partial charge in [0.2, 0.25) is 0 Å². The van der Waals surface area contributed by atoms with Crippen LogP contribution < -0.4 is 32.4 Å². The van der Waals surface area contributed by atoms with Gasteiger partial charge in [0.25, 0.3) is 5.56 Å². The van der Waals surface area contributed by atoms with Gasteiger partial charge >= 0.3 is 5.69 Å². The van der Waals surface area contributed by atoms with E-state index in [1.165, 1.54) is 16.6 Å². The van der Waals surface area contributed by atoms with Crippen LogP contribution in [0.25, 0.3) is 10.9 Å². The maximum absolute atomic E-state index is 15.3.